The van der Waals surface area contributed by atoms with Gasteiger partial charge in [-0.1, -0.05) is 12.1 Å². The Balaban J connectivity index is 1.61. The summed E-state index contributed by atoms with van der Waals surface area (Å²) < 4.78 is 7.70. The Bertz CT molecular complexity index is 779. The van der Waals surface area contributed by atoms with Crippen LogP contribution < -0.4 is 15.4 Å². The first-order valence-corrected chi connectivity index (χ1v) is 8.86. The highest BCUT2D eigenvalue weighted by molar-refractivity contribution is 5.85. The summed E-state index contributed by atoms with van der Waals surface area (Å²) in [6, 6.07) is 5.93. The second-order valence-electron chi connectivity index (χ2n) is 7.00. The Morgan fingerprint density at radius 2 is 2.16 bits per heavy atom. The number of hydrogen-bond acceptors (Lipinski definition) is 4. The molecule has 1 saturated heterocycles. The van der Waals surface area contributed by atoms with Gasteiger partial charge >= 0.3 is 0 Å². The lowest BCUT2D eigenvalue weighted by molar-refractivity contribution is -0.132. The largest absolute Gasteiger partial charge is 0.490 e. The van der Waals surface area contributed by atoms with Crippen molar-refractivity contribution in [3.63, 3.8) is 0 Å². The highest BCUT2D eigenvalue weighted by Gasteiger charge is 2.43. The van der Waals surface area contributed by atoms with E-state index in [-0.39, 0.29) is 11.9 Å². The number of hydrogen-bond donors (Lipinski definition) is 2. The zero-order valence-electron chi connectivity index (χ0n) is 14.7. The van der Waals surface area contributed by atoms with Crippen molar-refractivity contribution >= 4 is 5.91 Å². The first-order chi connectivity index (χ1) is 12.1. The molecular formula is C19H24N4O2. The van der Waals surface area contributed by atoms with Gasteiger partial charge in [0.15, 0.2) is 0 Å². The second kappa shape index (κ2) is 6.19. The normalized spacial score (nSPS) is 21.4. The Kier molecular flexibility index (Phi) is 4.00. The fourth-order valence-electron chi connectivity index (χ4n) is 3.87. The van der Waals surface area contributed by atoms with Crippen LogP contribution in [0.2, 0.25) is 0 Å². The number of nitrogens with zero attached hydrogens (tertiary/aromatic N) is 2. The molecule has 0 radical (unpaired) electrons. The Hall–Kier alpha value is -2.34. The zero-order valence-corrected chi connectivity index (χ0v) is 14.7. The molecule has 6 heteroatoms. The molecule has 25 heavy (non-hydrogen) atoms. The molecule has 2 N–H and O–H groups in total. The van der Waals surface area contributed by atoms with Crippen molar-refractivity contribution in [3.05, 3.63) is 47.3 Å². The number of amides is 1. The van der Waals surface area contributed by atoms with Gasteiger partial charge in [0.05, 0.1) is 6.04 Å². The first-order valence-electron chi connectivity index (χ1n) is 8.86. The van der Waals surface area contributed by atoms with E-state index in [1.807, 2.05) is 16.9 Å². The van der Waals surface area contributed by atoms with E-state index in [9.17, 15) is 4.79 Å². The first kappa shape index (κ1) is 16.1. The van der Waals surface area contributed by atoms with Crippen molar-refractivity contribution in [3.8, 4) is 5.75 Å². The molecule has 2 aromatic rings. The van der Waals surface area contributed by atoms with Gasteiger partial charge < -0.3 is 15.4 Å². The van der Waals surface area contributed by atoms with Crippen molar-refractivity contribution in [2.75, 3.05) is 19.7 Å². The number of carbonyl (C=O) groups is 1. The van der Waals surface area contributed by atoms with Gasteiger partial charge in [-0.2, -0.15) is 5.10 Å². The van der Waals surface area contributed by atoms with Gasteiger partial charge in [-0.05, 0) is 57.0 Å². The third-order valence-corrected chi connectivity index (χ3v) is 5.58. The van der Waals surface area contributed by atoms with Gasteiger partial charge in [0.25, 0.3) is 0 Å². The minimum atomic E-state index is -0.628. The van der Waals surface area contributed by atoms with Crippen LogP contribution in [0.15, 0.2) is 30.6 Å². The topological polar surface area (TPSA) is 68.2 Å². The van der Waals surface area contributed by atoms with Crippen LogP contribution >= 0.6 is 0 Å². The molecule has 0 saturated carbocycles. The number of nitrogens with one attached hydrogen (secondary N) is 2. The highest BCUT2D eigenvalue weighted by atomic mass is 16.5. The van der Waals surface area contributed by atoms with Gasteiger partial charge in [-0.15, -0.1) is 0 Å². The number of rotatable bonds is 3. The Morgan fingerprint density at radius 3 is 2.88 bits per heavy atom. The molecule has 1 aromatic heterocycles. The lowest BCUT2D eigenvalue weighted by Crippen LogP contribution is -2.55. The number of fused-ring (bicyclic) bond motifs is 1. The minimum Gasteiger partial charge on any atom is -0.490 e. The summed E-state index contributed by atoms with van der Waals surface area (Å²) >= 11 is 0. The van der Waals surface area contributed by atoms with Gasteiger partial charge in [0.1, 0.15) is 17.9 Å². The van der Waals surface area contributed by atoms with Gasteiger partial charge in [0, 0.05) is 18.0 Å². The Labute approximate surface area is 147 Å². The van der Waals surface area contributed by atoms with E-state index in [0.29, 0.717) is 6.61 Å². The summed E-state index contributed by atoms with van der Waals surface area (Å²) in [4.78, 5) is 13.3. The van der Waals surface area contributed by atoms with E-state index < -0.39 is 5.54 Å². The van der Waals surface area contributed by atoms with Gasteiger partial charge in [0.2, 0.25) is 5.91 Å². The summed E-state index contributed by atoms with van der Waals surface area (Å²) in [5.74, 6) is 0.945. The molecule has 0 spiro atoms. The van der Waals surface area contributed by atoms with Crippen LogP contribution in [-0.2, 0) is 10.3 Å². The summed E-state index contributed by atoms with van der Waals surface area (Å²) in [6.45, 7) is 6.24. The van der Waals surface area contributed by atoms with Crippen LogP contribution in [0.3, 0.4) is 0 Å². The molecule has 0 aliphatic carbocycles. The maximum Gasteiger partial charge on any atom is 0.248 e. The fourth-order valence-corrected chi connectivity index (χ4v) is 3.87. The lowest BCUT2D eigenvalue weighted by Gasteiger charge is -2.37. The molecule has 1 fully saturated rings. The zero-order chi connectivity index (χ0) is 17.4. The highest BCUT2D eigenvalue weighted by Crippen LogP contribution is 2.37. The smallest absolute Gasteiger partial charge is 0.248 e. The van der Waals surface area contributed by atoms with Crippen LogP contribution in [0.1, 0.15) is 35.6 Å². The van der Waals surface area contributed by atoms with Crippen molar-refractivity contribution < 1.29 is 9.53 Å². The van der Waals surface area contributed by atoms with Crippen LogP contribution in [0, 0.1) is 13.8 Å². The molecule has 6 nitrogen and oxygen atoms in total. The van der Waals surface area contributed by atoms with E-state index >= 15 is 0 Å². The summed E-state index contributed by atoms with van der Waals surface area (Å²) in [5.41, 5.74) is 2.80. The predicted octanol–water partition coefficient (Wildman–Crippen LogP) is 1.83. The predicted molar refractivity (Wildman–Crippen MR) is 94.6 cm³/mol. The summed E-state index contributed by atoms with van der Waals surface area (Å²) in [5, 5.41) is 10.9. The molecular weight excluding hydrogens is 316 g/mol. The average molecular weight is 340 g/mol. The molecule has 2 aliphatic heterocycles. The van der Waals surface area contributed by atoms with Crippen molar-refractivity contribution in [2.24, 2.45) is 0 Å². The molecule has 1 atom stereocenters. The summed E-state index contributed by atoms with van der Waals surface area (Å²) in [7, 11) is 0. The maximum absolute atomic E-state index is 13.3. The van der Waals surface area contributed by atoms with Crippen LogP contribution in [-0.4, -0.2) is 35.4 Å². The van der Waals surface area contributed by atoms with E-state index in [0.717, 1.165) is 42.8 Å². The quantitative estimate of drug-likeness (QED) is 0.894. The average Bonchev–Trinajstić information content (AvgIpc) is 3.29. The number of aryl methyl sites for hydroxylation is 1. The molecule has 1 aromatic carbocycles. The molecule has 4 rings (SSSR count). The molecule has 2 aliphatic rings. The Morgan fingerprint density at radius 1 is 1.36 bits per heavy atom. The number of benzene rings is 1. The van der Waals surface area contributed by atoms with E-state index in [1.165, 1.54) is 5.56 Å². The fraction of sp³-hybridized carbons (Fsp3) is 0.474. The van der Waals surface area contributed by atoms with Crippen LogP contribution in [0.5, 0.6) is 5.75 Å². The van der Waals surface area contributed by atoms with Crippen LogP contribution in [0.25, 0.3) is 0 Å². The number of ether oxygens (including phenoxy) is 1. The number of carbonyl (C=O) groups excluding carboxylic acids is 1. The molecule has 0 bridgehead atoms. The third-order valence-electron chi connectivity index (χ3n) is 5.58. The van der Waals surface area contributed by atoms with E-state index in [2.05, 4.69) is 41.7 Å². The number of piperidine rings is 1. The molecule has 1 unspecified atom stereocenters. The van der Waals surface area contributed by atoms with Gasteiger partial charge in [-0.3, -0.25) is 9.48 Å². The molecule has 132 valence electrons. The van der Waals surface area contributed by atoms with Gasteiger partial charge in [-0.25, -0.2) is 0 Å². The van der Waals surface area contributed by atoms with E-state index in [4.69, 9.17) is 4.74 Å². The molecule has 1 amide bonds. The standard InChI is InChI=1S/C19H24N4O2/c1-13-4-5-15-16(12-25-17(15)14(13)2)22-18(24)19(6-9-20-10-7-19)23-11-3-8-21-23/h3-5,8,11,16,20H,6-7,9-10,12H2,1-2H3,(H,22,24). The second-order valence-corrected chi connectivity index (χ2v) is 7.00. The van der Waals surface area contributed by atoms with Crippen molar-refractivity contribution in [1.82, 2.24) is 20.4 Å². The van der Waals surface area contributed by atoms with E-state index in [1.54, 1.807) is 6.20 Å². The summed E-state index contributed by atoms with van der Waals surface area (Å²) in [6.07, 6.45) is 5.08. The SMILES string of the molecule is Cc1ccc2c(c1C)OCC2NC(=O)C1(n2cccn2)CCNCC1. The maximum atomic E-state index is 13.3. The van der Waals surface area contributed by atoms with Crippen molar-refractivity contribution in [2.45, 2.75) is 38.3 Å². The third kappa shape index (κ3) is 2.61. The molecule has 3 heterocycles. The monoisotopic (exact) mass is 340 g/mol. The van der Waals surface area contributed by atoms with Crippen LogP contribution in [0.4, 0.5) is 0 Å². The lowest BCUT2D eigenvalue weighted by atomic mass is 9.87. The minimum absolute atomic E-state index is 0.0254. The van der Waals surface area contributed by atoms with Crippen molar-refractivity contribution in [1.29, 1.82) is 0 Å². The number of aromatic nitrogens is 2.